The van der Waals surface area contributed by atoms with Crippen molar-refractivity contribution in [2.45, 2.75) is 13.0 Å². The first-order valence-electron chi connectivity index (χ1n) is 6.16. The molecule has 5 heteroatoms. The Kier molecular flexibility index (Phi) is 4.30. The van der Waals surface area contributed by atoms with E-state index in [0.29, 0.717) is 12.1 Å². The summed E-state index contributed by atoms with van der Waals surface area (Å²) in [6.45, 7) is 1.47. The lowest BCUT2D eigenvalue weighted by Gasteiger charge is -2.04. The molecule has 1 aromatic carbocycles. The van der Waals surface area contributed by atoms with E-state index in [1.807, 2.05) is 25.4 Å². The summed E-state index contributed by atoms with van der Waals surface area (Å²) in [6.07, 6.45) is 2.78. The molecule has 1 heterocycles. The molecule has 0 bridgehead atoms. The van der Waals surface area contributed by atoms with E-state index in [-0.39, 0.29) is 0 Å². The Labute approximate surface area is 111 Å². The standard InChI is InChI=1S/C14H17N3O2/c1-17-8-6-13(16-17)5-7-15-10-11-3-2-4-12(9-11)14(18)19/h2-4,6,8-9,15H,5,7,10H2,1H3,(H,18,19). The third-order valence-corrected chi connectivity index (χ3v) is 2.83. The van der Waals surface area contributed by atoms with Crippen LogP contribution in [0.3, 0.4) is 0 Å². The summed E-state index contributed by atoms with van der Waals surface area (Å²) in [7, 11) is 1.90. The lowest BCUT2D eigenvalue weighted by atomic mass is 10.1. The van der Waals surface area contributed by atoms with Crippen molar-refractivity contribution < 1.29 is 9.90 Å². The van der Waals surface area contributed by atoms with Crippen molar-refractivity contribution in [1.82, 2.24) is 15.1 Å². The Morgan fingerprint density at radius 1 is 1.42 bits per heavy atom. The van der Waals surface area contributed by atoms with Crippen molar-refractivity contribution in [2.75, 3.05) is 6.54 Å². The minimum absolute atomic E-state index is 0.323. The molecule has 0 atom stereocenters. The molecule has 0 fully saturated rings. The first-order chi connectivity index (χ1) is 9.15. The van der Waals surface area contributed by atoms with Crippen molar-refractivity contribution in [3.63, 3.8) is 0 Å². The molecule has 2 N–H and O–H groups in total. The van der Waals surface area contributed by atoms with Crippen molar-refractivity contribution in [3.05, 3.63) is 53.3 Å². The van der Waals surface area contributed by atoms with Gasteiger partial charge in [0.1, 0.15) is 0 Å². The number of benzene rings is 1. The third-order valence-electron chi connectivity index (χ3n) is 2.83. The van der Waals surface area contributed by atoms with Crippen LogP contribution in [-0.4, -0.2) is 27.4 Å². The zero-order chi connectivity index (χ0) is 13.7. The highest BCUT2D eigenvalue weighted by molar-refractivity contribution is 5.87. The van der Waals surface area contributed by atoms with Gasteiger partial charge in [-0.05, 0) is 23.8 Å². The third kappa shape index (κ3) is 3.93. The van der Waals surface area contributed by atoms with Crippen LogP contribution in [0.15, 0.2) is 36.5 Å². The molecule has 0 aliphatic rings. The molecule has 0 aliphatic carbocycles. The fourth-order valence-corrected chi connectivity index (χ4v) is 1.86. The lowest BCUT2D eigenvalue weighted by molar-refractivity contribution is 0.0696. The van der Waals surface area contributed by atoms with Gasteiger partial charge in [0.2, 0.25) is 0 Å². The second kappa shape index (κ2) is 6.15. The van der Waals surface area contributed by atoms with Crippen LogP contribution >= 0.6 is 0 Å². The summed E-state index contributed by atoms with van der Waals surface area (Å²) in [5.74, 6) is -0.893. The fraction of sp³-hybridized carbons (Fsp3) is 0.286. The number of hydrogen-bond donors (Lipinski definition) is 2. The van der Waals surface area contributed by atoms with Crippen molar-refractivity contribution >= 4 is 5.97 Å². The molecular formula is C14H17N3O2. The zero-order valence-corrected chi connectivity index (χ0v) is 10.8. The van der Waals surface area contributed by atoms with E-state index in [9.17, 15) is 4.79 Å². The first kappa shape index (κ1) is 13.3. The van der Waals surface area contributed by atoms with Crippen LogP contribution in [-0.2, 0) is 20.0 Å². The summed E-state index contributed by atoms with van der Waals surface area (Å²) in [5, 5.41) is 16.5. The van der Waals surface area contributed by atoms with E-state index >= 15 is 0 Å². The molecule has 0 aliphatic heterocycles. The number of carbonyl (C=O) groups is 1. The number of aryl methyl sites for hydroxylation is 1. The second-order valence-electron chi connectivity index (χ2n) is 4.41. The van der Waals surface area contributed by atoms with Gasteiger partial charge in [-0.1, -0.05) is 12.1 Å². The molecule has 2 rings (SSSR count). The quantitative estimate of drug-likeness (QED) is 0.771. The predicted octanol–water partition coefficient (Wildman–Crippen LogP) is 1.45. The van der Waals surface area contributed by atoms with Gasteiger partial charge in [-0.2, -0.15) is 5.10 Å². The number of nitrogens with zero attached hydrogens (tertiary/aromatic N) is 2. The smallest absolute Gasteiger partial charge is 0.335 e. The maximum absolute atomic E-state index is 10.8. The Morgan fingerprint density at radius 2 is 2.26 bits per heavy atom. The molecule has 0 spiro atoms. The molecular weight excluding hydrogens is 242 g/mol. The number of rotatable bonds is 6. The number of aromatic carboxylic acids is 1. The molecule has 2 aromatic rings. The van der Waals surface area contributed by atoms with Gasteiger partial charge in [0, 0.05) is 32.8 Å². The number of aromatic nitrogens is 2. The van der Waals surface area contributed by atoms with Gasteiger partial charge in [-0.15, -0.1) is 0 Å². The van der Waals surface area contributed by atoms with Gasteiger partial charge in [0.15, 0.2) is 0 Å². The van der Waals surface area contributed by atoms with Gasteiger partial charge in [0.05, 0.1) is 11.3 Å². The predicted molar refractivity (Wildman–Crippen MR) is 72.0 cm³/mol. The summed E-state index contributed by atoms with van der Waals surface area (Å²) in [6, 6.07) is 8.96. The van der Waals surface area contributed by atoms with E-state index in [2.05, 4.69) is 10.4 Å². The van der Waals surface area contributed by atoms with E-state index in [4.69, 9.17) is 5.11 Å². The maximum Gasteiger partial charge on any atom is 0.335 e. The Morgan fingerprint density at radius 3 is 2.95 bits per heavy atom. The van der Waals surface area contributed by atoms with Crippen LogP contribution in [0.5, 0.6) is 0 Å². The number of nitrogens with one attached hydrogen (secondary N) is 1. The highest BCUT2D eigenvalue weighted by Crippen LogP contribution is 2.05. The Hall–Kier alpha value is -2.14. The van der Waals surface area contributed by atoms with Gasteiger partial charge in [0.25, 0.3) is 0 Å². The summed E-state index contributed by atoms with van der Waals surface area (Å²) >= 11 is 0. The largest absolute Gasteiger partial charge is 0.478 e. The average Bonchev–Trinajstić information content (AvgIpc) is 2.81. The van der Waals surface area contributed by atoms with Gasteiger partial charge in [-0.25, -0.2) is 4.79 Å². The van der Waals surface area contributed by atoms with Gasteiger partial charge in [-0.3, -0.25) is 4.68 Å². The van der Waals surface area contributed by atoms with Crippen LogP contribution in [0.4, 0.5) is 0 Å². The van der Waals surface area contributed by atoms with Gasteiger partial charge < -0.3 is 10.4 Å². The van der Waals surface area contributed by atoms with E-state index in [1.165, 1.54) is 0 Å². The number of hydrogen-bond acceptors (Lipinski definition) is 3. The minimum Gasteiger partial charge on any atom is -0.478 e. The number of carboxylic acid groups (broad SMARTS) is 1. The minimum atomic E-state index is -0.893. The van der Waals surface area contributed by atoms with Crippen molar-refractivity contribution in [1.29, 1.82) is 0 Å². The maximum atomic E-state index is 10.8. The second-order valence-corrected chi connectivity index (χ2v) is 4.41. The van der Waals surface area contributed by atoms with Crippen LogP contribution in [0.25, 0.3) is 0 Å². The first-order valence-corrected chi connectivity index (χ1v) is 6.16. The lowest BCUT2D eigenvalue weighted by Crippen LogP contribution is -2.17. The average molecular weight is 259 g/mol. The number of carboxylic acids is 1. The van der Waals surface area contributed by atoms with E-state index in [0.717, 1.165) is 24.2 Å². The molecule has 1 aromatic heterocycles. The highest BCUT2D eigenvalue weighted by Gasteiger charge is 2.03. The molecule has 100 valence electrons. The van der Waals surface area contributed by atoms with E-state index in [1.54, 1.807) is 22.9 Å². The monoisotopic (exact) mass is 259 g/mol. The zero-order valence-electron chi connectivity index (χ0n) is 10.8. The summed E-state index contributed by atoms with van der Waals surface area (Å²) < 4.78 is 1.78. The van der Waals surface area contributed by atoms with Crippen LogP contribution in [0.1, 0.15) is 21.6 Å². The summed E-state index contributed by atoms with van der Waals surface area (Å²) in [4.78, 5) is 10.8. The molecule has 5 nitrogen and oxygen atoms in total. The molecule has 0 radical (unpaired) electrons. The Balaban J connectivity index is 1.79. The molecule has 19 heavy (non-hydrogen) atoms. The topological polar surface area (TPSA) is 67.2 Å². The van der Waals surface area contributed by atoms with Gasteiger partial charge >= 0.3 is 5.97 Å². The van der Waals surface area contributed by atoms with Crippen LogP contribution in [0.2, 0.25) is 0 Å². The SMILES string of the molecule is Cn1ccc(CCNCc2cccc(C(=O)O)c2)n1. The summed E-state index contributed by atoms with van der Waals surface area (Å²) in [5.41, 5.74) is 2.35. The normalized spacial score (nSPS) is 10.6. The van der Waals surface area contributed by atoms with Crippen LogP contribution in [0, 0.1) is 0 Å². The molecule has 0 unspecified atom stereocenters. The molecule has 0 amide bonds. The fourth-order valence-electron chi connectivity index (χ4n) is 1.86. The molecule has 0 saturated carbocycles. The Bertz CT molecular complexity index is 563. The van der Waals surface area contributed by atoms with Crippen molar-refractivity contribution in [3.8, 4) is 0 Å². The van der Waals surface area contributed by atoms with Crippen LogP contribution < -0.4 is 5.32 Å². The van der Waals surface area contributed by atoms with E-state index < -0.39 is 5.97 Å². The highest BCUT2D eigenvalue weighted by atomic mass is 16.4. The molecule has 0 saturated heterocycles. The van der Waals surface area contributed by atoms with Crippen molar-refractivity contribution in [2.24, 2.45) is 7.05 Å².